The molecule has 50 valence electrons. The molecular weight excluding hydrogens is 143 g/mol. The van der Waals surface area contributed by atoms with Crippen LogP contribution in [0.2, 0.25) is 0 Å². The first-order valence-electron chi connectivity index (χ1n) is 3.33. The minimum atomic E-state index is 0.261. The van der Waals surface area contributed by atoms with E-state index in [9.17, 15) is 4.79 Å². The second-order valence-electron chi connectivity index (χ2n) is 2.59. The zero-order valence-electron chi connectivity index (χ0n) is 5.79. The molecule has 1 aliphatic rings. The Balaban J connectivity index is 2.59. The summed E-state index contributed by atoms with van der Waals surface area (Å²) < 4.78 is 1.84. The minimum absolute atomic E-state index is 0.261. The lowest BCUT2D eigenvalue weighted by Gasteiger charge is -1.86. The SMILES string of the molecule is O=C1CCc2n[n]([AlH2])cc21. The zero-order chi connectivity index (χ0) is 7.14. The molecule has 0 amide bonds. The summed E-state index contributed by atoms with van der Waals surface area (Å²) in [4.78, 5) is 11.0. The lowest BCUT2D eigenvalue weighted by Crippen LogP contribution is -1.94. The largest absolute Gasteiger partial charge is 0.397 e. The Morgan fingerprint density at radius 2 is 2.40 bits per heavy atom. The quantitative estimate of drug-likeness (QED) is 0.463. The summed E-state index contributed by atoms with van der Waals surface area (Å²) in [5, 5.41) is 4.20. The number of ketones is 1. The van der Waals surface area contributed by atoms with E-state index < -0.39 is 0 Å². The molecule has 1 aromatic rings. The Morgan fingerprint density at radius 3 is 3.10 bits per heavy atom. The smallest absolute Gasteiger partial charge is 0.373 e. The number of rotatable bonds is 0. The molecule has 1 aliphatic carbocycles. The fourth-order valence-corrected chi connectivity index (χ4v) is 1.82. The third kappa shape index (κ3) is 0.732. The van der Waals surface area contributed by atoms with Crippen LogP contribution in [0.1, 0.15) is 22.5 Å². The second kappa shape index (κ2) is 1.95. The minimum Gasteiger partial charge on any atom is -0.373 e. The highest BCUT2D eigenvalue weighted by Gasteiger charge is 2.21. The van der Waals surface area contributed by atoms with Gasteiger partial charge in [0, 0.05) is 12.6 Å². The van der Waals surface area contributed by atoms with E-state index in [1.807, 2.05) is 9.86 Å². The molecule has 0 radical (unpaired) electrons. The van der Waals surface area contributed by atoms with Crippen molar-refractivity contribution in [1.82, 2.24) is 8.76 Å². The molecule has 0 atom stereocenters. The number of fused-ring (bicyclic) bond motifs is 1. The Hall–Kier alpha value is -0.588. The first-order valence-corrected chi connectivity index (χ1v) is 4.22. The van der Waals surface area contributed by atoms with Crippen LogP contribution in [0.25, 0.3) is 0 Å². The van der Waals surface area contributed by atoms with Crippen LogP contribution in [0.5, 0.6) is 0 Å². The summed E-state index contributed by atoms with van der Waals surface area (Å²) in [6.45, 7) is 0. The number of carbonyl (C=O) groups excluding carboxylic acids is 1. The van der Waals surface area contributed by atoms with Crippen LogP contribution >= 0.6 is 0 Å². The summed E-state index contributed by atoms with van der Waals surface area (Å²) >= 11 is 0.876. The number of carbonyl (C=O) groups is 1. The summed E-state index contributed by atoms with van der Waals surface area (Å²) in [6, 6.07) is 0. The highest BCUT2D eigenvalue weighted by atomic mass is 27.1. The molecule has 0 spiro atoms. The molecule has 0 fully saturated rings. The van der Waals surface area contributed by atoms with Gasteiger partial charge in [0.25, 0.3) is 0 Å². The van der Waals surface area contributed by atoms with Crippen LogP contribution in [0.3, 0.4) is 0 Å². The van der Waals surface area contributed by atoms with E-state index in [-0.39, 0.29) is 5.78 Å². The first-order chi connectivity index (χ1) is 4.77. The zero-order valence-corrected chi connectivity index (χ0v) is 7.79. The summed E-state index contributed by atoms with van der Waals surface area (Å²) in [6.07, 6.45) is 3.38. The van der Waals surface area contributed by atoms with Crippen LogP contribution in [0, 0.1) is 0 Å². The Kier molecular flexibility index (Phi) is 1.20. The maximum atomic E-state index is 11.0. The lowest BCUT2D eigenvalue weighted by molar-refractivity contribution is 0.0994. The average Bonchev–Trinajstić information content (AvgIpc) is 2.35. The summed E-state index contributed by atoms with van der Waals surface area (Å²) in [7, 11) is 0. The molecule has 0 saturated heterocycles. The topological polar surface area (TPSA) is 34.9 Å². The number of hydrogen-bond donors (Lipinski definition) is 0. The van der Waals surface area contributed by atoms with Gasteiger partial charge in [-0.25, -0.2) is 5.10 Å². The van der Waals surface area contributed by atoms with Crippen LogP contribution in [-0.4, -0.2) is 31.1 Å². The molecule has 0 aliphatic heterocycles. The Morgan fingerprint density at radius 1 is 1.60 bits per heavy atom. The van der Waals surface area contributed by atoms with E-state index in [1.165, 1.54) is 0 Å². The molecule has 0 unspecified atom stereocenters. The molecule has 1 heterocycles. The molecule has 0 aromatic carbocycles. The van der Waals surface area contributed by atoms with Gasteiger partial charge in [0.2, 0.25) is 0 Å². The van der Waals surface area contributed by atoms with Crippen LogP contribution in [0.15, 0.2) is 6.20 Å². The van der Waals surface area contributed by atoms with Crippen molar-refractivity contribution in [1.29, 1.82) is 0 Å². The van der Waals surface area contributed by atoms with Crippen molar-refractivity contribution in [2.24, 2.45) is 0 Å². The normalized spacial score (nSPS) is 15.8. The van der Waals surface area contributed by atoms with E-state index in [0.29, 0.717) is 6.42 Å². The van der Waals surface area contributed by atoms with Gasteiger partial charge in [-0.1, -0.05) is 0 Å². The standard InChI is InChI=1S/C6H6N2O.Al.2H/c9-6-2-1-5-4(6)3-7-8-5;;;/h3H,1-2H2,(H,7,8,9);;;/q;+1;;/p-1. The van der Waals surface area contributed by atoms with Gasteiger partial charge in [-0.3, -0.25) is 4.79 Å². The van der Waals surface area contributed by atoms with E-state index in [0.717, 1.165) is 34.2 Å². The number of Topliss-reactive ketones (excluding diaryl/α,β-unsaturated/α-hetero) is 1. The van der Waals surface area contributed by atoms with Crippen molar-refractivity contribution in [2.75, 3.05) is 0 Å². The average molecular weight is 150 g/mol. The van der Waals surface area contributed by atoms with Gasteiger partial charge >= 0.3 is 16.5 Å². The lowest BCUT2D eigenvalue weighted by atomic mass is 10.3. The number of nitrogens with zero attached hydrogens (tertiary/aromatic N) is 2. The molecule has 0 bridgehead atoms. The van der Waals surface area contributed by atoms with E-state index in [4.69, 9.17) is 0 Å². The van der Waals surface area contributed by atoms with Gasteiger partial charge in [0.05, 0.1) is 11.3 Å². The molecular formula is C6H7AlN2O. The number of aromatic nitrogens is 2. The maximum absolute atomic E-state index is 11.0. The molecule has 0 N–H and O–H groups in total. The Labute approximate surface area is 66.7 Å². The molecule has 4 heteroatoms. The van der Waals surface area contributed by atoms with Crippen LogP contribution in [-0.2, 0) is 6.42 Å². The van der Waals surface area contributed by atoms with Gasteiger partial charge < -0.3 is 3.67 Å². The summed E-state index contributed by atoms with van der Waals surface area (Å²) in [5.74, 6) is 0.261. The number of aryl methyl sites for hydroxylation is 1. The first kappa shape index (κ1) is 6.14. The number of hydrogen-bond acceptors (Lipinski definition) is 2. The van der Waals surface area contributed by atoms with Crippen molar-refractivity contribution in [3.63, 3.8) is 0 Å². The van der Waals surface area contributed by atoms with Gasteiger partial charge in [-0.05, 0) is 6.42 Å². The van der Waals surface area contributed by atoms with E-state index in [1.54, 1.807) is 0 Å². The van der Waals surface area contributed by atoms with Crippen molar-refractivity contribution in [3.8, 4) is 0 Å². The van der Waals surface area contributed by atoms with E-state index in [2.05, 4.69) is 5.10 Å². The van der Waals surface area contributed by atoms with Crippen LogP contribution in [0.4, 0.5) is 0 Å². The van der Waals surface area contributed by atoms with Crippen molar-refractivity contribution >= 4 is 22.3 Å². The van der Waals surface area contributed by atoms with E-state index >= 15 is 0 Å². The monoisotopic (exact) mass is 150 g/mol. The predicted molar refractivity (Wildman–Crippen MR) is 38.8 cm³/mol. The fourth-order valence-electron chi connectivity index (χ4n) is 1.32. The van der Waals surface area contributed by atoms with Crippen molar-refractivity contribution in [3.05, 3.63) is 17.5 Å². The van der Waals surface area contributed by atoms with Gasteiger partial charge in [-0.15, -0.1) is 0 Å². The molecule has 0 saturated carbocycles. The molecule has 2 rings (SSSR count). The Bertz CT molecular complexity index is 292. The van der Waals surface area contributed by atoms with Crippen molar-refractivity contribution in [2.45, 2.75) is 12.8 Å². The maximum Gasteiger partial charge on any atom is 0.397 e. The third-order valence-electron chi connectivity index (χ3n) is 1.79. The van der Waals surface area contributed by atoms with Crippen LogP contribution < -0.4 is 0 Å². The second-order valence-corrected chi connectivity index (χ2v) is 3.50. The van der Waals surface area contributed by atoms with Crippen molar-refractivity contribution < 1.29 is 4.79 Å². The predicted octanol–water partition coefficient (Wildman–Crippen LogP) is -0.592. The van der Waals surface area contributed by atoms with Gasteiger partial charge in [0.15, 0.2) is 5.78 Å². The highest BCUT2D eigenvalue weighted by molar-refractivity contribution is 6.07. The van der Waals surface area contributed by atoms with Gasteiger partial charge in [0.1, 0.15) is 0 Å². The van der Waals surface area contributed by atoms with Gasteiger partial charge in [-0.2, -0.15) is 0 Å². The molecule has 10 heavy (non-hydrogen) atoms. The fraction of sp³-hybridized carbons (Fsp3) is 0.333. The third-order valence-corrected chi connectivity index (χ3v) is 2.25. The molecule has 1 aromatic heterocycles. The summed E-state index contributed by atoms with van der Waals surface area (Å²) in [5.41, 5.74) is 1.86. The highest BCUT2D eigenvalue weighted by Crippen LogP contribution is 2.18. The molecule has 3 nitrogen and oxygen atoms in total.